The van der Waals surface area contributed by atoms with Crippen LogP contribution < -0.4 is 20.1 Å². The maximum absolute atomic E-state index is 13.2. The summed E-state index contributed by atoms with van der Waals surface area (Å²) in [6, 6.07) is 14.5. The third-order valence-corrected chi connectivity index (χ3v) is 6.98. The van der Waals surface area contributed by atoms with Crippen molar-refractivity contribution < 1.29 is 18.7 Å². The van der Waals surface area contributed by atoms with Crippen molar-refractivity contribution in [3.63, 3.8) is 0 Å². The number of aromatic nitrogens is 3. The zero-order valence-corrected chi connectivity index (χ0v) is 23.3. The number of likely N-dealkylation sites (N-methyl/N-ethyl adjacent to an activating group) is 1. The van der Waals surface area contributed by atoms with E-state index in [2.05, 4.69) is 30.5 Å². The second kappa shape index (κ2) is 13.4. The van der Waals surface area contributed by atoms with Crippen LogP contribution >= 0.6 is 11.6 Å². The Balaban J connectivity index is 1.39. The molecule has 0 unspecified atom stereocenters. The van der Waals surface area contributed by atoms with Crippen molar-refractivity contribution in [1.82, 2.24) is 19.9 Å². The molecule has 0 radical (unpaired) electrons. The van der Waals surface area contributed by atoms with Gasteiger partial charge in [0.05, 0.1) is 27.3 Å². The molecule has 1 saturated heterocycles. The monoisotopic (exact) mass is 576 g/mol. The van der Waals surface area contributed by atoms with Crippen LogP contribution in [-0.2, 0) is 11.4 Å². The van der Waals surface area contributed by atoms with E-state index in [4.69, 9.17) is 21.1 Å². The maximum atomic E-state index is 13.2. The fourth-order valence-electron chi connectivity index (χ4n) is 4.63. The predicted octanol–water partition coefficient (Wildman–Crippen LogP) is 5.94. The summed E-state index contributed by atoms with van der Waals surface area (Å²) in [6.07, 6.45) is 8.64. The topological polar surface area (TPSA) is 102 Å². The first-order valence-corrected chi connectivity index (χ1v) is 13.6. The minimum Gasteiger partial charge on any atom is -0.488 e. The van der Waals surface area contributed by atoms with Gasteiger partial charge in [-0.05, 0) is 68.9 Å². The number of ether oxygens (including phenoxy) is 2. The Morgan fingerprint density at radius 3 is 2.83 bits per heavy atom. The van der Waals surface area contributed by atoms with E-state index in [-0.39, 0.29) is 30.9 Å². The molecule has 2 N–H and O–H groups in total. The minimum absolute atomic E-state index is 0.201. The lowest BCUT2D eigenvalue weighted by Crippen LogP contribution is -2.23. The normalized spacial score (nSPS) is 15.3. The van der Waals surface area contributed by atoms with Gasteiger partial charge in [0.25, 0.3) is 0 Å². The molecule has 0 bridgehead atoms. The molecule has 1 aliphatic rings. The third-order valence-electron chi connectivity index (χ3n) is 6.68. The number of amides is 1. The van der Waals surface area contributed by atoms with Gasteiger partial charge in [0.15, 0.2) is 5.75 Å². The van der Waals surface area contributed by atoms with Crippen molar-refractivity contribution in [3.05, 3.63) is 83.9 Å². The van der Waals surface area contributed by atoms with E-state index in [0.717, 1.165) is 25.1 Å². The van der Waals surface area contributed by atoms with Crippen molar-refractivity contribution >= 4 is 45.6 Å². The lowest BCUT2D eigenvalue weighted by molar-refractivity contribution is -0.112. The summed E-state index contributed by atoms with van der Waals surface area (Å²) in [6.45, 7) is 0.376. The molecule has 1 fully saturated rings. The number of likely N-dealkylation sites (tertiary alicyclic amines) is 1. The molecule has 1 atom stereocenters. The number of hydrogen-bond donors (Lipinski definition) is 2. The first kappa shape index (κ1) is 28.3. The smallest absolute Gasteiger partial charge is 0.248 e. The number of carbonyl (C=O) groups excluding carboxylic acids is 1. The van der Waals surface area contributed by atoms with Gasteiger partial charge in [-0.1, -0.05) is 23.7 Å². The Kier molecular flexibility index (Phi) is 9.22. The first-order valence-electron chi connectivity index (χ1n) is 13.3. The standard InChI is InChI=1S/C30H30ClFN6O3/c1-38-15-4-6-22(38)8-12-27(39)37-25-10-9-24-28(29(25)40-16-13-32)30(35-19-34-24)36-20-7-11-26(23(31)17-20)41-18-21-5-2-3-14-33-21/h2-3,5,7-12,14,17,19,22H,4,6,13,15-16,18H2,1H3,(H,37,39)(H,34,35,36)/b12-8+/t22-/m1/s1. The van der Waals surface area contributed by atoms with Gasteiger partial charge in [-0.15, -0.1) is 0 Å². The molecular formula is C30H30ClFN6O3. The summed E-state index contributed by atoms with van der Waals surface area (Å²) in [7, 11) is 2.04. The SMILES string of the molecule is CN1CCC[C@@H]1/C=C/C(=O)Nc1ccc2ncnc(Nc3ccc(OCc4ccccn4)c(Cl)c3)c2c1OCCF. The van der Waals surface area contributed by atoms with E-state index in [1.54, 1.807) is 36.5 Å². The molecule has 41 heavy (non-hydrogen) atoms. The van der Waals surface area contributed by atoms with Crippen LogP contribution in [0.25, 0.3) is 10.9 Å². The Labute approximate surface area is 242 Å². The zero-order chi connectivity index (χ0) is 28.6. The number of benzene rings is 2. The number of halogens is 2. The highest BCUT2D eigenvalue weighted by molar-refractivity contribution is 6.32. The highest BCUT2D eigenvalue weighted by Gasteiger charge is 2.19. The number of fused-ring (bicyclic) bond motifs is 1. The van der Waals surface area contributed by atoms with Gasteiger partial charge in [-0.2, -0.15) is 0 Å². The molecular weight excluding hydrogens is 547 g/mol. The van der Waals surface area contributed by atoms with E-state index in [1.165, 1.54) is 12.4 Å². The van der Waals surface area contributed by atoms with Crippen LogP contribution in [0.3, 0.4) is 0 Å². The largest absolute Gasteiger partial charge is 0.488 e. The Morgan fingerprint density at radius 2 is 2.07 bits per heavy atom. The van der Waals surface area contributed by atoms with Crippen LogP contribution in [0.5, 0.6) is 11.5 Å². The molecule has 1 amide bonds. The molecule has 2 aromatic carbocycles. The van der Waals surface area contributed by atoms with Crippen LogP contribution in [0.1, 0.15) is 18.5 Å². The van der Waals surface area contributed by atoms with Crippen molar-refractivity contribution in [1.29, 1.82) is 0 Å². The van der Waals surface area contributed by atoms with Gasteiger partial charge in [0.1, 0.15) is 37.8 Å². The Hall–Kier alpha value is -4.28. The summed E-state index contributed by atoms with van der Waals surface area (Å²) in [5.74, 6) is 0.865. The lowest BCUT2D eigenvalue weighted by atomic mass is 10.1. The first-order chi connectivity index (χ1) is 20.0. The number of carbonyl (C=O) groups is 1. The molecule has 11 heteroatoms. The highest BCUT2D eigenvalue weighted by atomic mass is 35.5. The fraction of sp³-hybridized carbons (Fsp3) is 0.267. The number of anilines is 3. The molecule has 0 aliphatic carbocycles. The average Bonchev–Trinajstić information content (AvgIpc) is 3.40. The number of hydrogen-bond acceptors (Lipinski definition) is 8. The van der Waals surface area contributed by atoms with E-state index in [9.17, 15) is 9.18 Å². The van der Waals surface area contributed by atoms with Gasteiger partial charge in [-0.3, -0.25) is 14.7 Å². The number of pyridine rings is 1. The molecule has 212 valence electrons. The summed E-state index contributed by atoms with van der Waals surface area (Å²) < 4.78 is 24.8. The third kappa shape index (κ3) is 7.08. The lowest BCUT2D eigenvalue weighted by Gasteiger charge is -2.17. The van der Waals surface area contributed by atoms with E-state index >= 15 is 0 Å². The van der Waals surface area contributed by atoms with E-state index in [0.29, 0.717) is 38.9 Å². The summed E-state index contributed by atoms with van der Waals surface area (Å²) in [5, 5.41) is 7.00. The van der Waals surface area contributed by atoms with Crippen molar-refractivity contribution in [2.75, 3.05) is 37.5 Å². The maximum Gasteiger partial charge on any atom is 0.248 e. The summed E-state index contributed by atoms with van der Waals surface area (Å²) in [5.41, 5.74) is 2.35. The minimum atomic E-state index is -0.705. The Bertz CT molecular complexity index is 1540. The zero-order valence-electron chi connectivity index (χ0n) is 22.5. The number of nitrogens with zero attached hydrogens (tertiary/aromatic N) is 4. The second-order valence-corrected chi connectivity index (χ2v) is 9.92. The van der Waals surface area contributed by atoms with Crippen LogP contribution in [0.15, 0.2) is 73.2 Å². The van der Waals surface area contributed by atoms with Gasteiger partial charge in [-0.25, -0.2) is 14.4 Å². The van der Waals surface area contributed by atoms with Crippen LogP contribution in [-0.4, -0.2) is 58.7 Å². The average molecular weight is 577 g/mol. The summed E-state index contributed by atoms with van der Waals surface area (Å²) >= 11 is 6.51. The molecule has 3 heterocycles. The molecule has 2 aromatic heterocycles. The van der Waals surface area contributed by atoms with Crippen molar-refractivity contribution in [2.45, 2.75) is 25.5 Å². The number of rotatable bonds is 11. The predicted molar refractivity (Wildman–Crippen MR) is 158 cm³/mol. The van der Waals surface area contributed by atoms with Crippen molar-refractivity contribution in [3.8, 4) is 11.5 Å². The van der Waals surface area contributed by atoms with Crippen molar-refractivity contribution in [2.24, 2.45) is 0 Å². The van der Waals surface area contributed by atoms with Crippen LogP contribution in [0.2, 0.25) is 5.02 Å². The Morgan fingerprint density at radius 1 is 1.17 bits per heavy atom. The van der Waals surface area contributed by atoms with Crippen LogP contribution in [0, 0.1) is 0 Å². The number of nitrogens with one attached hydrogen (secondary N) is 2. The van der Waals surface area contributed by atoms with Gasteiger partial charge >= 0.3 is 0 Å². The van der Waals surface area contributed by atoms with E-state index in [1.807, 2.05) is 31.3 Å². The molecule has 4 aromatic rings. The molecule has 0 saturated carbocycles. The van der Waals surface area contributed by atoms with Gasteiger partial charge in [0, 0.05) is 24.0 Å². The molecule has 9 nitrogen and oxygen atoms in total. The summed E-state index contributed by atoms with van der Waals surface area (Å²) in [4.78, 5) is 28.0. The second-order valence-electron chi connectivity index (χ2n) is 9.51. The molecule has 5 rings (SSSR count). The highest BCUT2D eigenvalue weighted by Crippen LogP contribution is 2.38. The number of alkyl halides is 1. The van der Waals surface area contributed by atoms with Crippen LogP contribution in [0.4, 0.5) is 21.6 Å². The van der Waals surface area contributed by atoms with E-state index < -0.39 is 6.67 Å². The quantitative estimate of drug-likeness (QED) is 0.212. The fourth-order valence-corrected chi connectivity index (χ4v) is 4.86. The molecule has 0 spiro atoms. The van der Waals surface area contributed by atoms with Gasteiger partial charge < -0.3 is 20.1 Å². The van der Waals surface area contributed by atoms with Gasteiger partial charge in [0.2, 0.25) is 5.91 Å². The molecule has 1 aliphatic heterocycles.